The molecular weight excluding hydrogens is 501 g/mol. The third-order valence-electron chi connectivity index (χ3n) is 5.65. The summed E-state index contributed by atoms with van der Waals surface area (Å²) in [5, 5.41) is 3.02. The van der Waals surface area contributed by atoms with E-state index >= 15 is 0 Å². The minimum Gasteiger partial charge on any atom is -0.489 e. The van der Waals surface area contributed by atoms with Crippen molar-refractivity contribution >= 4 is 63.0 Å². The van der Waals surface area contributed by atoms with Gasteiger partial charge in [0.2, 0.25) is 0 Å². The van der Waals surface area contributed by atoms with Gasteiger partial charge in [-0.3, -0.25) is 14.5 Å². The molecule has 0 bridgehead atoms. The summed E-state index contributed by atoms with van der Waals surface area (Å²) < 4.78 is 5.81. The first-order valence-electron chi connectivity index (χ1n) is 10.9. The Morgan fingerprint density at radius 2 is 1.54 bits per heavy atom. The van der Waals surface area contributed by atoms with Crippen molar-refractivity contribution in [2.24, 2.45) is 0 Å². The fraction of sp³-hybridized carbons (Fsp3) is 0.0714. The van der Waals surface area contributed by atoms with Crippen molar-refractivity contribution in [3.63, 3.8) is 0 Å². The van der Waals surface area contributed by atoms with Gasteiger partial charge >= 0.3 is 0 Å². The van der Waals surface area contributed by atoms with Gasteiger partial charge in [0, 0.05) is 15.6 Å². The lowest BCUT2D eigenvalue weighted by molar-refractivity contribution is -0.123. The summed E-state index contributed by atoms with van der Waals surface area (Å²) in [5.74, 6) is 0.351. The van der Waals surface area contributed by atoms with Crippen molar-refractivity contribution in [2.75, 3.05) is 0 Å². The van der Waals surface area contributed by atoms with Crippen molar-refractivity contribution in [1.29, 1.82) is 0 Å². The van der Waals surface area contributed by atoms with Gasteiger partial charge < -0.3 is 4.74 Å². The van der Waals surface area contributed by atoms with Crippen molar-refractivity contribution in [3.8, 4) is 5.75 Å². The molecule has 0 spiro atoms. The van der Waals surface area contributed by atoms with Gasteiger partial charge in [0.25, 0.3) is 11.1 Å². The van der Waals surface area contributed by atoms with Gasteiger partial charge in [-0.1, -0.05) is 77.8 Å². The van der Waals surface area contributed by atoms with Gasteiger partial charge in [-0.2, -0.15) is 0 Å². The molecule has 1 saturated heterocycles. The molecular formula is C28H19Cl2NO3S. The van der Waals surface area contributed by atoms with Crippen LogP contribution in [-0.2, 0) is 17.9 Å². The molecule has 0 atom stereocenters. The average molecular weight is 520 g/mol. The number of thioether (sulfide) groups is 1. The van der Waals surface area contributed by atoms with Crippen LogP contribution in [0.1, 0.15) is 16.7 Å². The summed E-state index contributed by atoms with van der Waals surface area (Å²) in [6.07, 6.45) is 1.72. The number of benzene rings is 4. The summed E-state index contributed by atoms with van der Waals surface area (Å²) in [6, 6.07) is 26.6. The highest BCUT2D eigenvalue weighted by molar-refractivity contribution is 8.18. The lowest BCUT2D eigenvalue weighted by atomic mass is 10.1. The van der Waals surface area contributed by atoms with Crippen molar-refractivity contribution in [1.82, 2.24) is 4.90 Å². The number of hydrogen-bond donors (Lipinski definition) is 0. The van der Waals surface area contributed by atoms with Crippen LogP contribution in [0.2, 0.25) is 10.0 Å². The number of hydrogen-bond acceptors (Lipinski definition) is 4. The number of carbonyl (C=O) groups excluding carboxylic acids is 2. The highest BCUT2D eigenvalue weighted by Crippen LogP contribution is 2.34. The predicted molar refractivity (Wildman–Crippen MR) is 143 cm³/mol. The molecule has 2 amide bonds. The van der Waals surface area contributed by atoms with Crippen LogP contribution in [0, 0.1) is 0 Å². The maximum atomic E-state index is 12.9. The van der Waals surface area contributed by atoms with Crippen LogP contribution in [0.25, 0.3) is 16.8 Å². The van der Waals surface area contributed by atoms with Crippen LogP contribution >= 0.6 is 35.0 Å². The lowest BCUT2D eigenvalue weighted by Crippen LogP contribution is -2.27. The molecule has 5 rings (SSSR count). The van der Waals surface area contributed by atoms with E-state index in [9.17, 15) is 9.59 Å². The molecule has 0 N–H and O–H groups in total. The van der Waals surface area contributed by atoms with E-state index in [4.69, 9.17) is 27.9 Å². The summed E-state index contributed by atoms with van der Waals surface area (Å²) in [4.78, 5) is 27.2. The van der Waals surface area contributed by atoms with Gasteiger partial charge in [0.1, 0.15) is 12.4 Å². The Balaban J connectivity index is 1.26. The zero-order valence-corrected chi connectivity index (χ0v) is 20.7. The molecule has 1 fully saturated rings. The van der Waals surface area contributed by atoms with E-state index in [1.54, 1.807) is 36.4 Å². The monoisotopic (exact) mass is 519 g/mol. The van der Waals surface area contributed by atoms with Crippen molar-refractivity contribution in [2.45, 2.75) is 13.2 Å². The number of ether oxygens (including phenoxy) is 1. The van der Waals surface area contributed by atoms with E-state index in [0.29, 0.717) is 20.7 Å². The fourth-order valence-corrected chi connectivity index (χ4v) is 5.14. The molecule has 4 aromatic carbocycles. The van der Waals surface area contributed by atoms with E-state index in [1.165, 1.54) is 4.90 Å². The number of amides is 2. The summed E-state index contributed by atoms with van der Waals surface area (Å²) >= 11 is 13.3. The first kappa shape index (κ1) is 23.5. The standard InChI is InChI=1S/C28H19Cl2NO3S/c29-24-6-3-7-25(30)23(24)17-34-22-12-9-18(10-13-22)15-26-27(32)31(28(33)35-26)16-19-8-11-20-4-1-2-5-21(20)14-19/h1-15H,16-17H2/b26-15-. The first-order chi connectivity index (χ1) is 17.0. The smallest absolute Gasteiger partial charge is 0.293 e. The number of halogens is 2. The second-order valence-electron chi connectivity index (χ2n) is 8.01. The van der Waals surface area contributed by atoms with Crippen LogP contribution in [0.4, 0.5) is 4.79 Å². The van der Waals surface area contributed by atoms with E-state index in [-0.39, 0.29) is 24.3 Å². The number of imide groups is 1. The molecule has 7 heteroatoms. The maximum Gasteiger partial charge on any atom is 0.293 e. The van der Waals surface area contributed by atoms with Gasteiger partial charge in [-0.15, -0.1) is 0 Å². The zero-order chi connectivity index (χ0) is 24.4. The van der Waals surface area contributed by atoms with E-state index in [1.807, 2.05) is 54.6 Å². The highest BCUT2D eigenvalue weighted by Gasteiger charge is 2.35. The van der Waals surface area contributed by atoms with E-state index < -0.39 is 0 Å². The molecule has 0 aromatic heterocycles. The van der Waals surface area contributed by atoms with Gasteiger partial charge in [0.05, 0.1) is 11.4 Å². The van der Waals surface area contributed by atoms with Crippen LogP contribution in [0.15, 0.2) is 89.8 Å². The Labute approximate surface area is 217 Å². The van der Waals surface area contributed by atoms with Crippen LogP contribution in [-0.4, -0.2) is 16.0 Å². The average Bonchev–Trinajstić information content (AvgIpc) is 3.12. The van der Waals surface area contributed by atoms with Crippen LogP contribution in [0.3, 0.4) is 0 Å². The topological polar surface area (TPSA) is 46.6 Å². The third kappa shape index (κ3) is 5.22. The predicted octanol–water partition coefficient (Wildman–Crippen LogP) is 7.96. The summed E-state index contributed by atoms with van der Waals surface area (Å²) in [7, 11) is 0. The van der Waals surface area contributed by atoms with E-state index in [2.05, 4.69) is 0 Å². The minimum atomic E-state index is -0.290. The molecule has 0 saturated carbocycles. The fourth-order valence-electron chi connectivity index (χ4n) is 3.79. The summed E-state index contributed by atoms with van der Waals surface area (Å²) in [5.41, 5.74) is 2.43. The molecule has 0 unspecified atom stereocenters. The molecule has 1 aliphatic rings. The Kier molecular flexibility index (Phi) is 6.82. The minimum absolute atomic E-state index is 0.240. The molecule has 174 valence electrons. The van der Waals surface area contributed by atoms with Gasteiger partial charge in [-0.25, -0.2) is 0 Å². The molecule has 1 heterocycles. The highest BCUT2D eigenvalue weighted by atomic mass is 35.5. The first-order valence-corrected chi connectivity index (χ1v) is 12.4. The number of rotatable bonds is 6. The SMILES string of the molecule is O=C1S/C(=C\c2ccc(OCc3c(Cl)cccc3Cl)cc2)C(=O)N1Cc1ccc2ccccc2c1. The molecule has 35 heavy (non-hydrogen) atoms. The normalized spacial score (nSPS) is 14.8. The molecule has 0 aliphatic carbocycles. The largest absolute Gasteiger partial charge is 0.489 e. The second-order valence-corrected chi connectivity index (χ2v) is 9.81. The molecule has 1 aliphatic heterocycles. The molecule has 4 aromatic rings. The van der Waals surface area contributed by atoms with Crippen LogP contribution in [0.5, 0.6) is 5.75 Å². The quantitative estimate of drug-likeness (QED) is 0.242. The Morgan fingerprint density at radius 3 is 2.29 bits per heavy atom. The second kappa shape index (κ2) is 10.2. The van der Waals surface area contributed by atoms with Crippen molar-refractivity contribution < 1.29 is 14.3 Å². The molecule has 4 nitrogen and oxygen atoms in total. The Morgan fingerprint density at radius 1 is 0.829 bits per heavy atom. The van der Waals surface area contributed by atoms with Gasteiger partial charge in [0.15, 0.2) is 0 Å². The number of fused-ring (bicyclic) bond motifs is 1. The summed E-state index contributed by atoms with van der Waals surface area (Å²) in [6.45, 7) is 0.482. The Bertz CT molecular complexity index is 1450. The third-order valence-corrected chi connectivity index (χ3v) is 7.27. The maximum absolute atomic E-state index is 12.9. The Hall–Kier alpha value is -3.25. The number of carbonyl (C=O) groups is 2. The van der Waals surface area contributed by atoms with Crippen molar-refractivity contribution in [3.05, 3.63) is 117 Å². The van der Waals surface area contributed by atoms with E-state index in [0.717, 1.165) is 39.2 Å². The molecule has 0 radical (unpaired) electrons. The van der Waals surface area contributed by atoms with Gasteiger partial charge in [-0.05, 0) is 70.1 Å². The lowest BCUT2D eigenvalue weighted by Gasteiger charge is -2.13. The number of nitrogens with zero attached hydrogens (tertiary/aromatic N) is 1. The zero-order valence-electron chi connectivity index (χ0n) is 18.4. The van der Waals surface area contributed by atoms with Crippen LogP contribution < -0.4 is 4.74 Å².